The molecule has 2 aromatic carbocycles. The minimum atomic E-state index is -0.340. The Morgan fingerprint density at radius 1 is 1.05 bits per heavy atom. The van der Waals surface area contributed by atoms with Gasteiger partial charge in [0.1, 0.15) is 5.82 Å². The zero-order valence-electron chi connectivity index (χ0n) is 10.1. The van der Waals surface area contributed by atoms with Crippen molar-refractivity contribution < 1.29 is 4.39 Å². The van der Waals surface area contributed by atoms with Gasteiger partial charge in [0.05, 0.1) is 11.9 Å². The van der Waals surface area contributed by atoms with E-state index in [9.17, 15) is 4.39 Å². The Labute approximate surface area is 110 Å². The number of anilines is 1. The molecule has 3 aromatic rings. The van der Waals surface area contributed by atoms with Gasteiger partial charge in [0, 0.05) is 23.0 Å². The molecule has 1 heterocycles. The zero-order valence-corrected chi connectivity index (χ0v) is 10.1. The lowest BCUT2D eigenvalue weighted by Crippen LogP contribution is -1.92. The lowest BCUT2D eigenvalue weighted by atomic mass is 10.1. The maximum absolute atomic E-state index is 13.8. The SMILES string of the molecule is Nc1ccc(-c2cnn(-c3ccccc3)c2)c(F)c1. The van der Waals surface area contributed by atoms with E-state index in [1.165, 1.54) is 6.07 Å². The van der Waals surface area contributed by atoms with Crippen molar-refractivity contribution in [2.75, 3.05) is 5.73 Å². The summed E-state index contributed by atoms with van der Waals surface area (Å²) in [5.41, 5.74) is 8.11. The third kappa shape index (κ3) is 2.20. The molecule has 0 saturated carbocycles. The molecule has 0 aliphatic rings. The summed E-state index contributed by atoms with van der Waals surface area (Å²) in [5.74, 6) is -0.340. The number of nitrogens with zero attached hydrogens (tertiary/aromatic N) is 2. The molecular formula is C15H12FN3. The molecule has 0 radical (unpaired) electrons. The van der Waals surface area contributed by atoms with Crippen LogP contribution < -0.4 is 5.73 Å². The van der Waals surface area contributed by atoms with Gasteiger partial charge in [-0.05, 0) is 30.3 Å². The van der Waals surface area contributed by atoms with E-state index in [0.717, 1.165) is 11.3 Å². The first-order valence-electron chi connectivity index (χ1n) is 5.89. The van der Waals surface area contributed by atoms with Crippen molar-refractivity contribution in [2.45, 2.75) is 0 Å². The van der Waals surface area contributed by atoms with E-state index in [2.05, 4.69) is 5.10 Å². The van der Waals surface area contributed by atoms with E-state index in [1.54, 1.807) is 29.2 Å². The monoisotopic (exact) mass is 253 g/mol. The van der Waals surface area contributed by atoms with E-state index in [4.69, 9.17) is 5.73 Å². The van der Waals surface area contributed by atoms with Crippen LogP contribution >= 0.6 is 0 Å². The fourth-order valence-corrected chi connectivity index (χ4v) is 1.95. The van der Waals surface area contributed by atoms with E-state index in [0.29, 0.717) is 11.3 Å². The Morgan fingerprint density at radius 2 is 1.84 bits per heavy atom. The molecule has 94 valence electrons. The third-order valence-corrected chi connectivity index (χ3v) is 2.91. The number of para-hydroxylation sites is 1. The van der Waals surface area contributed by atoms with E-state index in [1.807, 2.05) is 30.3 Å². The van der Waals surface area contributed by atoms with Crippen molar-refractivity contribution in [3.63, 3.8) is 0 Å². The van der Waals surface area contributed by atoms with Crippen LogP contribution in [-0.2, 0) is 0 Å². The highest BCUT2D eigenvalue weighted by Gasteiger charge is 2.08. The average molecular weight is 253 g/mol. The van der Waals surface area contributed by atoms with Gasteiger partial charge in [0.25, 0.3) is 0 Å². The van der Waals surface area contributed by atoms with Crippen LogP contribution in [0.3, 0.4) is 0 Å². The molecule has 19 heavy (non-hydrogen) atoms. The third-order valence-electron chi connectivity index (χ3n) is 2.91. The summed E-state index contributed by atoms with van der Waals surface area (Å²) in [6, 6.07) is 14.3. The summed E-state index contributed by atoms with van der Waals surface area (Å²) in [6.45, 7) is 0. The normalized spacial score (nSPS) is 10.6. The minimum absolute atomic E-state index is 0.340. The van der Waals surface area contributed by atoms with Crippen LogP contribution in [-0.4, -0.2) is 9.78 Å². The maximum Gasteiger partial charge on any atom is 0.133 e. The zero-order chi connectivity index (χ0) is 13.2. The number of benzene rings is 2. The van der Waals surface area contributed by atoms with Gasteiger partial charge in [-0.25, -0.2) is 9.07 Å². The predicted octanol–water partition coefficient (Wildman–Crippen LogP) is 3.26. The molecule has 0 amide bonds. The van der Waals surface area contributed by atoms with E-state index >= 15 is 0 Å². The van der Waals surface area contributed by atoms with Gasteiger partial charge >= 0.3 is 0 Å². The summed E-state index contributed by atoms with van der Waals surface area (Å²) >= 11 is 0. The minimum Gasteiger partial charge on any atom is -0.399 e. The van der Waals surface area contributed by atoms with Gasteiger partial charge in [-0.15, -0.1) is 0 Å². The lowest BCUT2D eigenvalue weighted by Gasteiger charge is -2.01. The fraction of sp³-hybridized carbons (Fsp3) is 0. The van der Waals surface area contributed by atoms with Crippen LogP contribution in [0, 0.1) is 5.82 Å². The quantitative estimate of drug-likeness (QED) is 0.712. The van der Waals surface area contributed by atoms with Crippen molar-refractivity contribution in [3.05, 3.63) is 66.7 Å². The van der Waals surface area contributed by atoms with Crippen molar-refractivity contribution in [3.8, 4) is 16.8 Å². The smallest absolute Gasteiger partial charge is 0.133 e. The molecule has 0 atom stereocenters. The Morgan fingerprint density at radius 3 is 2.58 bits per heavy atom. The van der Waals surface area contributed by atoms with Crippen LogP contribution in [0.4, 0.5) is 10.1 Å². The van der Waals surface area contributed by atoms with Gasteiger partial charge in [-0.3, -0.25) is 0 Å². The molecule has 2 N–H and O–H groups in total. The standard InChI is InChI=1S/C15H12FN3/c16-15-8-12(17)6-7-14(15)11-9-18-19(10-11)13-4-2-1-3-5-13/h1-10H,17H2. The predicted molar refractivity (Wildman–Crippen MR) is 73.4 cm³/mol. The molecular weight excluding hydrogens is 241 g/mol. The molecule has 0 bridgehead atoms. The Hall–Kier alpha value is -2.62. The van der Waals surface area contributed by atoms with Crippen LogP contribution in [0.1, 0.15) is 0 Å². The Bertz CT molecular complexity index is 704. The van der Waals surface area contributed by atoms with Crippen LogP contribution in [0.15, 0.2) is 60.9 Å². The molecule has 3 rings (SSSR count). The van der Waals surface area contributed by atoms with Crippen molar-refractivity contribution >= 4 is 5.69 Å². The topological polar surface area (TPSA) is 43.8 Å². The Kier molecular flexibility index (Phi) is 2.76. The molecule has 1 aromatic heterocycles. The highest BCUT2D eigenvalue weighted by molar-refractivity contribution is 5.65. The second kappa shape index (κ2) is 4.57. The van der Waals surface area contributed by atoms with Crippen LogP contribution in [0.25, 0.3) is 16.8 Å². The molecule has 0 aliphatic heterocycles. The van der Waals surface area contributed by atoms with Gasteiger partial charge in [0.2, 0.25) is 0 Å². The van der Waals surface area contributed by atoms with E-state index in [-0.39, 0.29) is 5.82 Å². The lowest BCUT2D eigenvalue weighted by molar-refractivity contribution is 0.632. The van der Waals surface area contributed by atoms with Crippen molar-refractivity contribution in [2.24, 2.45) is 0 Å². The first kappa shape index (κ1) is 11.5. The largest absolute Gasteiger partial charge is 0.399 e. The number of nitrogen functional groups attached to an aromatic ring is 1. The van der Waals surface area contributed by atoms with Crippen LogP contribution in [0.2, 0.25) is 0 Å². The first-order chi connectivity index (χ1) is 9.24. The highest BCUT2D eigenvalue weighted by atomic mass is 19.1. The van der Waals surface area contributed by atoms with E-state index < -0.39 is 0 Å². The number of nitrogens with two attached hydrogens (primary N) is 1. The summed E-state index contributed by atoms with van der Waals surface area (Å²) in [7, 11) is 0. The fourth-order valence-electron chi connectivity index (χ4n) is 1.95. The number of halogens is 1. The van der Waals surface area contributed by atoms with Gasteiger partial charge in [0.15, 0.2) is 0 Å². The van der Waals surface area contributed by atoms with Gasteiger partial charge < -0.3 is 5.73 Å². The molecule has 0 saturated heterocycles. The molecule has 0 spiro atoms. The summed E-state index contributed by atoms with van der Waals surface area (Å²) in [5, 5.41) is 4.25. The maximum atomic E-state index is 13.8. The number of rotatable bonds is 2. The second-order valence-electron chi connectivity index (χ2n) is 4.25. The molecule has 0 fully saturated rings. The summed E-state index contributed by atoms with van der Waals surface area (Å²) < 4.78 is 15.5. The van der Waals surface area contributed by atoms with Gasteiger partial charge in [-0.1, -0.05) is 18.2 Å². The van der Waals surface area contributed by atoms with Crippen molar-refractivity contribution in [1.82, 2.24) is 9.78 Å². The van der Waals surface area contributed by atoms with Gasteiger partial charge in [-0.2, -0.15) is 5.10 Å². The molecule has 0 unspecified atom stereocenters. The molecule has 3 nitrogen and oxygen atoms in total. The number of hydrogen-bond donors (Lipinski definition) is 1. The average Bonchev–Trinajstić information content (AvgIpc) is 2.89. The Balaban J connectivity index is 2.02. The molecule has 4 heteroatoms. The number of aromatic nitrogens is 2. The number of hydrogen-bond acceptors (Lipinski definition) is 2. The van der Waals surface area contributed by atoms with Crippen LogP contribution in [0.5, 0.6) is 0 Å². The first-order valence-corrected chi connectivity index (χ1v) is 5.89. The second-order valence-corrected chi connectivity index (χ2v) is 4.25. The molecule has 0 aliphatic carbocycles. The van der Waals surface area contributed by atoms with Crippen molar-refractivity contribution in [1.29, 1.82) is 0 Å². The summed E-state index contributed by atoms with van der Waals surface area (Å²) in [4.78, 5) is 0. The summed E-state index contributed by atoms with van der Waals surface area (Å²) in [6.07, 6.45) is 3.44. The highest BCUT2D eigenvalue weighted by Crippen LogP contribution is 2.24.